The third kappa shape index (κ3) is 3.35. The molecule has 0 atom stereocenters. The maximum atomic E-state index is 12.8. The maximum Gasteiger partial charge on any atom is 0.419 e. The normalized spacial score (nSPS) is 10.1. The Labute approximate surface area is 103 Å². The molecule has 98 valence electrons. The summed E-state index contributed by atoms with van der Waals surface area (Å²) in [5.74, 6) is -1.53. The standard InChI is InChI=1S/C10H3F3N2O4/c11-10(12,13)8-6(9(18)19-15-5-17)2-1-3-7(8)14-4-16/h1-3H. The molecule has 9 heteroatoms. The number of carbonyl (C=O) groups is 1. The number of carbonyl (C=O) groups excluding carboxylic acids is 3. The van der Waals surface area contributed by atoms with Crippen molar-refractivity contribution in [2.75, 3.05) is 0 Å². The van der Waals surface area contributed by atoms with Crippen LogP contribution in [-0.2, 0) is 20.6 Å². The largest absolute Gasteiger partial charge is 0.419 e. The van der Waals surface area contributed by atoms with Gasteiger partial charge in [-0.3, -0.25) is 0 Å². The first-order valence-corrected chi connectivity index (χ1v) is 4.48. The van der Waals surface area contributed by atoms with E-state index in [2.05, 4.69) is 15.0 Å². The SMILES string of the molecule is O=C=NOC(=O)c1cccc(N=C=O)c1C(F)(F)F. The lowest BCUT2D eigenvalue weighted by atomic mass is 10.1. The molecule has 0 unspecified atom stereocenters. The van der Waals surface area contributed by atoms with E-state index in [0.29, 0.717) is 0 Å². The molecule has 1 aromatic carbocycles. The summed E-state index contributed by atoms with van der Waals surface area (Å²) in [6, 6.07) is 2.70. The van der Waals surface area contributed by atoms with Gasteiger partial charge in [0.15, 0.2) is 0 Å². The quantitative estimate of drug-likeness (QED) is 0.365. The summed E-state index contributed by atoms with van der Waals surface area (Å²) >= 11 is 0. The van der Waals surface area contributed by atoms with Crippen LogP contribution in [0.2, 0.25) is 0 Å². The third-order valence-electron chi connectivity index (χ3n) is 1.88. The molecule has 0 aliphatic rings. The molecule has 0 aliphatic carbocycles. The predicted molar refractivity (Wildman–Crippen MR) is 52.8 cm³/mol. The van der Waals surface area contributed by atoms with Crippen molar-refractivity contribution in [3.8, 4) is 0 Å². The van der Waals surface area contributed by atoms with Crippen LogP contribution >= 0.6 is 0 Å². The van der Waals surface area contributed by atoms with Crippen LogP contribution in [-0.4, -0.2) is 18.1 Å². The summed E-state index contributed by atoms with van der Waals surface area (Å²) in [7, 11) is 0. The summed E-state index contributed by atoms with van der Waals surface area (Å²) in [5, 5.41) is 2.42. The molecule has 0 N–H and O–H groups in total. The first kappa shape index (κ1) is 14.3. The van der Waals surface area contributed by atoms with Gasteiger partial charge in [-0.15, -0.1) is 0 Å². The van der Waals surface area contributed by atoms with Gasteiger partial charge in [0.05, 0.1) is 16.8 Å². The van der Waals surface area contributed by atoms with E-state index in [4.69, 9.17) is 0 Å². The Morgan fingerprint density at radius 3 is 2.42 bits per heavy atom. The van der Waals surface area contributed by atoms with Crippen LogP contribution in [0.5, 0.6) is 0 Å². The van der Waals surface area contributed by atoms with Crippen molar-refractivity contribution in [2.45, 2.75) is 6.18 Å². The first-order valence-electron chi connectivity index (χ1n) is 4.48. The van der Waals surface area contributed by atoms with E-state index < -0.39 is 29.0 Å². The van der Waals surface area contributed by atoms with E-state index in [-0.39, 0.29) is 0 Å². The molecule has 0 fully saturated rings. The van der Waals surface area contributed by atoms with Gasteiger partial charge in [-0.2, -0.15) is 18.2 Å². The number of isocyanates is 2. The van der Waals surface area contributed by atoms with Crippen molar-refractivity contribution in [3.05, 3.63) is 29.3 Å². The second-order valence-corrected chi connectivity index (χ2v) is 2.96. The molecule has 0 aliphatic heterocycles. The van der Waals surface area contributed by atoms with Crippen molar-refractivity contribution in [1.82, 2.24) is 0 Å². The second kappa shape index (κ2) is 5.72. The zero-order valence-electron chi connectivity index (χ0n) is 8.89. The molecule has 19 heavy (non-hydrogen) atoms. The summed E-state index contributed by atoms with van der Waals surface area (Å²) in [5.41, 5.74) is -3.22. The minimum absolute atomic E-state index is 0.787. The van der Waals surface area contributed by atoms with Gasteiger partial charge in [0.25, 0.3) is 6.08 Å². The average molecular weight is 272 g/mol. The highest BCUT2D eigenvalue weighted by Crippen LogP contribution is 2.38. The minimum atomic E-state index is -4.96. The molecule has 0 heterocycles. The summed E-state index contributed by atoms with van der Waals surface area (Å²) in [4.78, 5) is 37.8. The Morgan fingerprint density at radius 2 is 1.89 bits per heavy atom. The van der Waals surface area contributed by atoms with Crippen LogP contribution in [0, 0.1) is 0 Å². The summed E-state index contributed by atoms with van der Waals surface area (Å²) in [6.45, 7) is 0. The van der Waals surface area contributed by atoms with Crippen LogP contribution < -0.4 is 0 Å². The molecule has 0 saturated heterocycles. The zero-order valence-corrected chi connectivity index (χ0v) is 8.89. The number of halogens is 3. The van der Waals surface area contributed by atoms with Gasteiger partial charge in [0.1, 0.15) is 0 Å². The Hall–Kier alpha value is -2.76. The number of hydrogen-bond acceptors (Lipinski definition) is 6. The maximum absolute atomic E-state index is 12.8. The van der Waals surface area contributed by atoms with Crippen molar-refractivity contribution in [2.24, 2.45) is 10.1 Å². The fourth-order valence-corrected chi connectivity index (χ4v) is 1.26. The van der Waals surface area contributed by atoms with Gasteiger partial charge in [-0.1, -0.05) is 6.07 Å². The van der Waals surface area contributed by atoms with E-state index in [9.17, 15) is 27.6 Å². The van der Waals surface area contributed by atoms with Gasteiger partial charge in [0, 0.05) is 5.16 Å². The molecule has 0 radical (unpaired) electrons. The van der Waals surface area contributed by atoms with Gasteiger partial charge < -0.3 is 4.84 Å². The summed E-state index contributed by atoms with van der Waals surface area (Å²) in [6.07, 6.45) is -3.19. The Balaban J connectivity index is 3.47. The van der Waals surface area contributed by atoms with Crippen molar-refractivity contribution >= 4 is 23.8 Å². The molecule has 6 nitrogen and oxygen atoms in total. The number of aliphatic imine (C=N–C) groups is 1. The van der Waals surface area contributed by atoms with Crippen LogP contribution in [0.4, 0.5) is 18.9 Å². The van der Waals surface area contributed by atoms with Crippen molar-refractivity contribution in [3.63, 3.8) is 0 Å². The highest BCUT2D eigenvalue weighted by Gasteiger charge is 2.38. The number of benzene rings is 1. The molecule has 0 saturated carbocycles. The molecular weight excluding hydrogens is 269 g/mol. The first-order chi connectivity index (χ1) is 8.91. The Kier molecular flexibility index (Phi) is 4.31. The van der Waals surface area contributed by atoms with Crippen LogP contribution in [0.25, 0.3) is 0 Å². The zero-order chi connectivity index (χ0) is 14.5. The van der Waals surface area contributed by atoms with Gasteiger partial charge in [-0.25, -0.2) is 14.4 Å². The predicted octanol–water partition coefficient (Wildman–Crippen LogP) is 2.08. The lowest BCUT2D eigenvalue weighted by molar-refractivity contribution is -0.137. The number of alkyl halides is 3. The fraction of sp³-hybridized carbons (Fsp3) is 0.100. The monoisotopic (exact) mass is 272 g/mol. The van der Waals surface area contributed by atoms with Crippen molar-refractivity contribution < 1.29 is 32.4 Å². The second-order valence-electron chi connectivity index (χ2n) is 2.96. The Bertz CT molecular complexity index is 599. The van der Waals surface area contributed by atoms with E-state index >= 15 is 0 Å². The highest BCUT2D eigenvalue weighted by molar-refractivity contribution is 5.93. The Morgan fingerprint density at radius 1 is 1.21 bits per heavy atom. The third-order valence-corrected chi connectivity index (χ3v) is 1.88. The minimum Gasteiger partial charge on any atom is -0.301 e. The van der Waals surface area contributed by atoms with Crippen LogP contribution in [0.3, 0.4) is 0 Å². The van der Waals surface area contributed by atoms with Gasteiger partial charge in [-0.05, 0) is 12.1 Å². The van der Waals surface area contributed by atoms with Gasteiger partial charge >= 0.3 is 12.1 Å². The fourth-order valence-electron chi connectivity index (χ4n) is 1.26. The highest BCUT2D eigenvalue weighted by atomic mass is 19.4. The van der Waals surface area contributed by atoms with E-state index in [0.717, 1.165) is 30.4 Å². The van der Waals surface area contributed by atoms with Crippen molar-refractivity contribution in [1.29, 1.82) is 0 Å². The van der Waals surface area contributed by atoms with Gasteiger partial charge in [0.2, 0.25) is 6.08 Å². The molecule has 0 aromatic heterocycles. The van der Waals surface area contributed by atoms with E-state index in [1.165, 1.54) is 0 Å². The molecule has 0 amide bonds. The lowest BCUT2D eigenvalue weighted by Gasteiger charge is -2.12. The average Bonchev–Trinajstić information content (AvgIpc) is 2.34. The van der Waals surface area contributed by atoms with Crippen LogP contribution in [0.1, 0.15) is 15.9 Å². The van der Waals surface area contributed by atoms with E-state index in [1.807, 2.05) is 0 Å². The number of hydrogen-bond donors (Lipinski definition) is 0. The topological polar surface area (TPSA) is 85.2 Å². The lowest BCUT2D eigenvalue weighted by Crippen LogP contribution is -2.14. The smallest absolute Gasteiger partial charge is 0.301 e. The molecule has 0 spiro atoms. The molecule has 1 rings (SSSR count). The van der Waals surface area contributed by atoms with E-state index in [1.54, 1.807) is 0 Å². The number of nitrogens with zero attached hydrogens (tertiary/aromatic N) is 2. The van der Waals surface area contributed by atoms with Crippen LogP contribution in [0.15, 0.2) is 28.3 Å². The molecule has 1 aromatic rings. The molecule has 0 bridgehead atoms. The summed E-state index contributed by atoms with van der Waals surface area (Å²) < 4.78 is 38.4. The molecular formula is C10H3F3N2O4. The number of rotatable bonds is 3.